The second kappa shape index (κ2) is 5.00. The van der Waals surface area contributed by atoms with Gasteiger partial charge in [0.25, 0.3) is 0 Å². The molecule has 4 heteroatoms. The first-order valence-electron chi connectivity index (χ1n) is 8.11. The van der Waals surface area contributed by atoms with Crippen LogP contribution in [0.5, 0.6) is 11.5 Å². The molecule has 3 aliphatic rings. The summed E-state index contributed by atoms with van der Waals surface area (Å²) in [5, 5.41) is 0. The smallest absolute Gasteiger partial charge is 0.163 e. The number of rotatable bonds is 3. The molecule has 2 bridgehead atoms. The zero-order chi connectivity index (χ0) is 14.4. The highest BCUT2D eigenvalue weighted by molar-refractivity contribution is 5.73. The summed E-state index contributed by atoms with van der Waals surface area (Å²) in [6.07, 6.45) is 5.74. The molecule has 4 rings (SSSR count). The van der Waals surface area contributed by atoms with Crippen LogP contribution in [0.2, 0.25) is 0 Å². The molecule has 1 heterocycles. The molecule has 114 valence electrons. The number of benzene rings is 1. The molecule has 2 saturated carbocycles. The second-order valence-corrected chi connectivity index (χ2v) is 6.87. The summed E-state index contributed by atoms with van der Waals surface area (Å²) < 4.78 is 11.3. The van der Waals surface area contributed by atoms with Gasteiger partial charge in [-0.25, -0.2) is 0 Å². The third-order valence-corrected chi connectivity index (χ3v) is 5.50. The normalized spacial score (nSPS) is 29.7. The molecule has 1 aromatic rings. The van der Waals surface area contributed by atoms with Gasteiger partial charge in [0.2, 0.25) is 0 Å². The van der Waals surface area contributed by atoms with Crippen LogP contribution in [0.4, 0.5) is 11.4 Å². The van der Waals surface area contributed by atoms with Crippen molar-refractivity contribution in [3.63, 3.8) is 0 Å². The predicted octanol–water partition coefficient (Wildman–Crippen LogP) is 2.91. The summed E-state index contributed by atoms with van der Waals surface area (Å²) in [5.74, 6) is 4.37. The van der Waals surface area contributed by atoms with Crippen LogP contribution in [0.15, 0.2) is 12.1 Å². The van der Waals surface area contributed by atoms with Gasteiger partial charge < -0.3 is 20.1 Å². The van der Waals surface area contributed by atoms with E-state index in [1.54, 1.807) is 0 Å². The molecule has 4 nitrogen and oxygen atoms in total. The molecule has 2 aliphatic carbocycles. The molecule has 0 spiro atoms. The molecule has 0 amide bonds. The predicted molar refractivity (Wildman–Crippen MR) is 84.1 cm³/mol. The lowest BCUT2D eigenvalue weighted by molar-refractivity contribution is 0.172. The first kappa shape index (κ1) is 13.1. The third-order valence-electron chi connectivity index (χ3n) is 5.50. The van der Waals surface area contributed by atoms with Crippen LogP contribution in [0.25, 0.3) is 0 Å². The Morgan fingerprint density at radius 3 is 2.57 bits per heavy atom. The summed E-state index contributed by atoms with van der Waals surface area (Å²) in [5.41, 5.74) is 8.07. The Kier molecular flexibility index (Phi) is 3.12. The Morgan fingerprint density at radius 1 is 1.14 bits per heavy atom. The van der Waals surface area contributed by atoms with Gasteiger partial charge >= 0.3 is 0 Å². The fraction of sp³-hybridized carbons (Fsp3) is 0.647. The number of hydrogen-bond acceptors (Lipinski definition) is 4. The summed E-state index contributed by atoms with van der Waals surface area (Å²) >= 11 is 0. The van der Waals surface area contributed by atoms with Crippen molar-refractivity contribution in [3.8, 4) is 11.5 Å². The van der Waals surface area contributed by atoms with Crippen LogP contribution in [-0.4, -0.2) is 26.8 Å². The number of ether oxygens (including phenoxy) is 2. The molecule has 21 heavy (non-hydrogen) atoms. The molecule has 2 N–H and O–H groups in total. The highest BCUT2D eigenvalue weighted by Gasteiger charge is 2.39. The Balaban J connectivity index is 1.52. The van der Waals surface area contributed by atoms with E-state index in [-0.39, 0.29) is 0 Å². The quantitative estimate of drug-likeness (QED) is 0.869. The van der Waals surface area contributed by atoms with E-state index in [9.17, 15) is 0 Å². The number of hydrogen-bond donors (Lipinski definition) is 1. The SMILES string of the molecule is CN(CC1CC2CCC1C2)c1cc2c(cc1N)OCCO2. The number of nitrogen functional groups attached to an aromatic ring is 1. The van der Waals surface area contributed by atoms with Crippen molar-refractivity contribution in [3.05, 3.63) is 12.1 Å². The van der Waals surface area contributed by atoms with Crippen LogP contribution in [0.1, 0.15) is 25.7 Å². The highest BCUT2D eigenvalue weighted by Crippen LogP contribution is 2.49. The largest absolute Gasteiger partial charge is 0.486 e. The maximum absolute atomic E-state index is 6.22. The van der Waals surface area contributed by atoms with Crippen molar-refractivity contribution in [1.82, 2.24) is 0 Å². The molecule has 0 aromatic heterocycles. The maximum atomic E-state index is 6.22. The van der Waals surface area contributed by atoms with Crippen molar-refractivity contribution >= 4 is 11.4 Å². The minimum atomic E-state index is 0.604. The van der Waals surface area contributed by atoms with Gasteiger partial charge in [-0.05, 0) is 37.0 Å². The zero-order valence-electron chi connectivity index (χ0n) is 12.7. The summed E-state index contributed by atoms with van der Waals surface area (Å²) in [6.45, 7) is 2.32. The molecule has 2 fully saturated rings. The van der Waals surface area contributed by atoms with Crippen LogP contribution in [0.3, 0.4) is 0 Å². The number of fused-ring (bicyclic) bond motifs is 3. The Labute approximate surface area is 126 Å². The topological polar surface area (TPSA) is 47.7 Å². The van der Waals surface area contributed by atoms with Crippen LogP contribution >= 0.6 is 0 Å². The summed E-state index contributed by atoms with van der Waals surface area (Å²) in [6, 6.07) is 3.94. The zero-order valence-corrected chi connectivity index (χ0v) is 12.7. The fourth-order valence-corrected chi connectivity index (χ4v) is 4.47. The van der Waals surface area contributed by atoms with Crippen molar-refractivity contribution in [2.45, 2.75) is 25.7 Å². The molecule has 0 radical (unpaired) electrons. The maximum Gasteiger partial charge on any atom is 0.163 e. The minimum absolute atomic E-state index is 0.604. The molecular formula is C17H24N2O2. The molecule has 1 aromatic carbocycles. The van der Waals surface area contributed by atoms with Crippen molar-refractivity contribution in [1.29, 1.82) is 0 Å². The van der Waals surface area contributed by atoms with Crippen molar-refractivity contribution in [2.24, 2.45) is 17.8 Å². The van der Waals surface area contributed by atoms with Crippen LogP contribution < -0.4 is 20.1 Å². The van der Waals surface area contributed by atoms with Gasteiger partial charge in [0.15, 0.2) is 11.5 Å². The number of nitrogens with two attached hydrogens (primary N) is 1. The third kappa shape index (κ3) is 2.30. The van der Waals surface area contributed by atoms with Gasteiger partial charge in [0.05, 0.1) is 11.4 Å². The van der Waals surface area contributed by atoms with Gasteiger partial charge in [-0.1, -0.05) is 6.42 Å². The molecule has 3 unspecified atom stereocenters. The van der Waals surface area contributed by atoms with Crippen LogP contribution in [0, 0.1) is 17.8 Å². The fourth-order valence-electron chi connectivity index (χ4n) is 4.47. The van der Waals surface area contributed by atoms with E-state index in [2.05, 4.69) is 11.9 Å². The Hall–Kier alpha value is -1.58. The molecule has 3 atom stereocenters. The van der Waals surface area contributed by atoms with E-state index in [0.29, 0.717) is 13.2 Å². The average molecular weight is 288 g/mol. The summed E-state index contributed by atoms with van der Waals surface area (Å²) in [7, 11) is 2.15. The molecule has 1 aliphatic heterocycles. The number of anilines is 2. The highest BCUT2D eigenvalue weighted by atomic mass is 16.6. The van der Waals surface area contributed by atoms with Gasteiger partial charge in [0, 0.05) is 25.7 Å². The lowest BCUT2D eigenvalue weighted by Crippen LogP contribution is -2.29. The van der Waals surface area contributed by atoms with Gasteiger partial charge in [0.1, 0.15) is 13.2 Å². The van der Waals surface area contributed by atoms with E-state index in [4.69, 9.17) is 15.2 Å². The first-order valence-corrected chi connectivity index (χ1v) is 8.11. The monoisotopic (exact) mass is 288 g/mol. The van der Waals surface area contributed by atoms with E-state index in [1.807, 2.05) is 12.1 Å². The Bertz CT molecular complexity index is 546. The van der Waals surface area contributed by atoms with Crippen molar-refractivity contribution in [2.75, 3.05) is 37.4 Å². The summed E-state index contributed by atoms with van der Waals surface area (Å²) in [4.78, 5) is 2.30. The van der Waals surface area contributed by atoms with Gasteiger partial charge in [-0.15, -0.1) is 0 Å². The van der Waals surface area contributed by atoms with E-state index >= 15 is 0 Å². The Morgan fingerprint density at radius 2 is 1.90 bits per heavy atom. The average Bonchev–Trinajstić information content (AvgIpc) is 3.09. The van der Waals surface area contributed by atoms with Crippen LogP contribution in [-0.2, 0) is 0 Å². The lowest BCUT2D eigenvalue weighted by Gasteiger charge is -2.30. The van der Waals surface area contributed by atoms with Crippen molar-refractivity contribution < 1.29 is 9.47 Å². The number of nitrogens with zero attached hydrogens (tertiary/aromatic N) is 1. The first-order chi connectivity index (χ1) is 10.2. The minimum Gasteiger partial charge on any atom is -0.486 e. The molecule has 0 saturated heterocycles. The van der Waals surface area contributed by atoms with Gasteiger partial charge in [-0.2, -0.15) is 0 Å². The standard InChI is InChI=1S/C17H24N2O2/c1-19(10-13-7-11-2-3-12(13)6-11)15-9-17-16(8-14(15)18)20-4-5-21-17/h8-9,11-13H,2-7,10,18H2,1H3. The van der Waals surface area contributed by atoms with Gasteiger partial charge in [-0.3, -0.25) is 0 Å². The van der Waals surface area contributed by atoms with E-state index in [1.165, 1.54) is 25.7 Å². The lowest BCUT2D eigenvalue weighted by atomic mass is 9.88. The van der Waals surface area contributed by atoms with E-state index < -0.39 is 0 Å². The molecular weight excluding hydrogens is 264 g/mol. The second-order valence-electron chi connectivity index (χ2n) is 6.87. The van der Waals surface area contributed by atoms with E-state index in [0.717, 1.165) is 47.2 Å².